The van der Waals surface area contributed by atoms with Crippen LogP contribution in [0.4, 0.5) is 11.4 Å². The van der Waals surface area contributed by atoms with Crippen molar-refractivity contribution in [2.24, 2.45) is 5.73 Å². The first-order chi connectivity index (χ1) is 20.3. The number of nitrogens with one attached hydrogen (secondary N) is 1. The fourth-order valence-electron chi connectivity index (χ4n) is 6.05. The van der Waals surface area contributed by atoms with Crippen molar-refractivity contribution >= 4 is 22.6 Å². The van der Waals surface area contributed by atoms with E-state index in [4.69, 9.17) is 5.73 Å². The number of nitrogens with two attached hydrogens (primary N) is 1. The molecule has 0 aromatic heterocycles. The fourth-order valence-corrected chi connectivity index (χ4v) is 6.05. The molecular weight excluding hydrogens is 510 g/mol. The van der Waals surface area contributed by atoms with Gasteiger partial charge in [0.05, 0.1) is 0 Å². The number of benzene rings is 2. The Morgan fingerprint density at radius 3 is 2.48 bits per heavy atom. The molecule has 0 saturated heterocycles. The van der Waals surface area contributed by atoms with Gasteiger partial charge in [0.1, 0.15) is 0 Å². The average Bonchev–Trinajstić information content (AvgIpc) is 3.30. The van der Waals surface area contributed by atoms with Crippen LogP contribution >= 0.6 is 0 Å². The molecule has 3 N–H and O–H groups in total. The first kappa shape index (κ1) is 31.0. The van der Waals surface area contributed by atoms with Crippen molar-refractivity contribution in [3.63, 3.8) is 0 Å². The van der Waals surface area contributed by atoms with Crippen molar-refractivity contribution in [2.75, 3.05) is 16.8 Å². The molecule has 42 heavy (non-hydrogen) atoms. The van der Waals surface area contributed by atoms with Crippen molar-refractivity contribution < 1.29 is 0 Å². The second-order valence-corrected chi connectivity index (χ2v) is 11.7. The number of fused-ring (bicyclic) bond motifs is 2. The van der Waals surface area contributed by atoms with Gasteiger partial charge in [0.25, 0.3) is 0 Å². The van der Waals surface area contributed by atoms with E-state index >= 15 is 0 Å². The lowest BCUT2D eigenvalue weighted by Crippen LogP contribution is -2.22. The number of allylic oxidation sites excluding steroid dienone is 6. The normalized spacial score (nSPS) is 15.1. The van der Waals surface area contributed by atoms with E-state index in [2.05, 4.69) is 117 Å². The van der Waals surface area contributed by atoms with E-state index in [9.17, 15) is 0 Å². The highest BCUT2D eigenvalue weighted by molar-refractivity contribution is 5.90. The lowest BCUT2D eigenvalue weighted by atomic mass is 9.97. The molecule has 220 valence electrons. The molecular formula is C39H49N3. The maximum atomic E-state index is 5.94. The molecule has 2 aromatic carbocycles. The van der Waals surface area contributed by atoms with Gasteiger partial charge >= 0.3 is 0 Å². The Morgan fingerprint density at radius 2 is 1.76 bits per heavy atom. The van der Waals surface area contributed by atoms with Crippen molar-refractivity contribution in [3.8, 4) is 0 Å². The smallest absolute Gasteiger partial charge is 0.0487 e. The van der Waals surface area contributed by atoms with E-state index < -0.39 is 0 Å². The topological polar surface area (TPSA) is 41.3 Å². The zero-order chi connectivity index (χ0) is 30.1. The predicted octanol–water partition coefficient (Wildman–Crippen LogP) is 10.7. The molecule has 0 atom stereocenters. The Labute approximate surface area is 254 Å². The monoisotopic (exact) mass is 559 g/mol. The van der Waals surface area contributed by atoms with Gasteiger partial charge in [0.2, 0.25) is 0 Å². The van der Waals surface area contributed by atoms with Crippen molar-refractivity contribution in [1.29, 1.82) is 0 Å². The summed E-state index contributed by atoms with van der Waals surface area (Å²) in [5.74, 6) is 0. The molecule has 0 radical (unpaired) electrons. The van der Waals surface area contributed by atoms with Crippen molar-refractivity contribution in [2.45, 2.75) is 78.6 Å². The van der Waals surface area contributed by atoms with E-state index in [1.807, 2.05) is 0 Å². The molecule has 1 aliphatic heterocycles. The number of rotatable bonds is 14. The van der Waals surface area contributed by atoms with Gasteiger partial charge in [-0.3, -0.25) is 0 Å². The molecule has 4 rings (SSSR count). The van der Waals surface area contributed by atoms with Crippen LogP contribution in [0, 0.1) is 0 Å². The highest BCUT2D eigenvalue weighted by Gasteiger charge is 2.26. The third-order valence-electron chi connectivity index (χ3n) is 8.30. The van der Waals surface area contributed by atoms with Crippen LogP contribution in [0.3, 0.4) is 0 Å². The quantitative estimate of drug-likeness (QED) is 0.179. The second kappa shape index (κ2) is 14.8. The molecule has 1 heterocycles. The van der Waals surface area contributed by atoms with Gasteiger partial charge in [0, 0.05) is 47.0 Å². The lowest BCUT2D eigenvalue weighted by Gasteiger charge is -2.28. The van der Waals surface area contributed by atoms with Gasteiger partial charge in [0.15, 0.2) is 0 Å². The largest absolute Gasteiger partial charge is 0.402 e. The molecule has 0 bridgehead atoms. The Morgan fingerprint density at radius 1 is 1.00 bits per heavy atom. The first-order valence-corrected chi connectivity index (χ1v) is 15.7. The van der Waals surface area contributed by atoms with Gasteiger partial charge in [-0.1, -0.05) is 113 Å². The zero-order valence-electron chi connectivity index (χ0n) is 26.1. The second-order valence-electron chi connectivity index (χ2n) is 11.7. The number of anilines is 2. The van der Waals surface area contributed by atoms with Crippen molar-refractivity contribution in [3.05, 3.63) is 131 Å². The Bertz CT molecular complexity index is 1430. The molecule has 0 fully saturated rings. The van der Waals surface area contributed by atoms with E-state index in [1.54, 1.807) is 0 Å². The molecule has 0 amide bonds. The minimum Gasteiger partial charge on any atom is -0.402 e. The Hall–Kier alpha value is -3.98. The van der Waals surface area contributed by atoms with Crippen LogP contribution in [0.5, 0.6) is 0 Å². The van der Waals surface area contributed by atoms with Crippen LogP contribution < -0.4 is 16.0 Å². The van der Waals surface area contributed by atoms with Crippen LogP contribution in [-0.4, -0.2) is 6.54 Å². The maximum absolute atomic E-state index is 5.94. The molecule has 2 aromatic rings. The van der Waals surface area contributed by atoms with E-state index in [0.29, 0.717) is 0 Å². The van der Waals surface area contributed by atoms with Crippen molar-refractivity contribution in [1.82, 2.24) is 0 Å². The first-order valence-electron chi connectivity index (χ1n) is 15.7. The van der Waals surface area contributed by atoms with Gasteiger partial charge < -0.3 is 16.0 Å². The van der Waals surface area contributed by atoms with E-state index in [1.165, 1.54) is 64.8 Å². The van der Waals surface area contributed by atoms with Gasteiger partial charge in [-0.2, -0.15) is 0 Å². The number of nitrogens with zero attached hydrogens (tertiary/aromatic N) is 1. The van der Waals surface area contributed by atoms with Crippen LogP contribution in [0.15, 0.2) is 120 Å². The highest BCUT2D eigenvalue weighted by Crippen LogP contribution is 2.44. The summed E-state index contributed by atoms with van der Waals surface area (Å²) in [5, 5.41) is 3.57. The lowest BCUT2D eigenvalue weighted by molar-refractivity contribution is 0.663. The average molecular weight is 560 g/mol. The van der Waals surface area contributed by atoms with Crippen LogP contribution in [0.2, 0.25) is 0 Å². The summed E-state index contributed by atoms with van der Waals surface area (Å²) in [6.45, 7) is 20.5. The standard InChI is InChI=1S/C39H49N3/c1-7-9-11-12-15-28(3)36(16-10-8-2)30(5)41-35-21-19-33(20-22-35)31(6)42-24-23-34-26-32(25-29(4)40)27-38(34)37-17-13-14-18-39(37)42/h10,13-14,16-22,26,41H,4-9,11-12,15,23-25,27,40H2,1-3H3/b16-10-,36-28-. The third kappa shape index (κ3) is 7.64. The minimum atomic E-state index is 0.728. The molecule has 2 aliphatic rings. The van der Waals surface area contributed by atoms with Gasteiger partial charge in [-0.25, -0.2) is 0 Å². The number of unbranched alkanes of at least 4 members (excludes halogenated alkanes) is 3. The summed E-state index contributed by atoms with van der Waals surface area (Å²) in [5.41, 5.74) is 20.1. The minimum absolute atomic E-state index is 0.728. The highest BCUT2D eigenvalue weighted by atomic mass is 15.1. The van der Waals surface area contributed by atoms with Gasteiger partial charge in [-0.15, -0.1) is 0 Å². The summed E-state index contributed by atoms with van der Waals surface area (Å²) in [7, 11) is 0. The third-order valence-corrected chi connectivity index (χ3v) is 8.30. The predicted molar refractivity (Wildman–Crippen MR) is 185 cm³/mol. The summed E-state index contributed by atoms with van der Waals surface area (Å²) in [4.78, 5) is 2.38. The Kier molecular flexibility index (Phi) is 10.9. The summed E-state index contributed by atoms with van der Waals surface area (Å²) in [6, 6.07) is 17.3. The van der Waals surface area contributed by atoms with Crippen LogP contribution in [-0.2, 0) is 0 Å². The molecule has 1 aliphatic carbocycles. The summed E-state index contributed by atoms with van der Waals surface area (Å²) < 4.78 is 0. The fraction of sp³-hybridized carbons (Fsp3) is 0.333. The molecule has 3 nitrogen and oxygen atoms in total. The Balaban J connectivity index is 1.48. The maximum Gasteiger partial charge on any atom is 0.0487 e. The number of hydrogen-bond donors (Lipinski definition) is 2. The summed E-state index contributed by atoms with van der Waals surface area (Å²) in [6.07, 6.45) is 16.7. The van der Waals surface area contributed by atoms with Crippen LogP contribution in [0.1, 0.15) is 89.7 Å². The number of hydrogen-bond acceptors (Lipinski definition) is 3. The van der Waals surface area contributed by atoms with E-state index in [0.717, 1.165) is 67.0 Å². The molecule has 3 heteroatoms. The number of para-hydroxylation sites is 1. The molecule has 0 saturated carbocycles. The SMILES string of the molecule is C=C(N)CC1=CC2=C(C1)c1ccccc1N(C(=C)c1ccc(NC(=C)C(/C=C\CC)=C(/C)CCCCCC)cc1)CC2. The van der Waals surface area contributed by atoms with Gasteiger partial charge in [-0.05, 0) is 79.5 Å². The molecule has 0 unspecified atom stereocenters. The van der Waals surface area contributed by atoms with Crippen LogP contribution in [0.25, 0.3) is 11.3 Å². The van der Waals surface area contributed by atoms with E-state index in [-0.39, 0.29) is 0 Å². The molecule has 0 spiro atoms. The zero-order valence-corrected chi connectivity index (χ0v) is 26.1. The summed E-state index contributed by atoms with van der Waals surface area (Å²) >= 11 is 0.